The van der Waals surface area contributed by atoms with Crippen molar-refractivity contribution in [2.75, 3.05) is 0 Å². The first-order chi connectivity index (χ1) is 10.2. The Bertz CT molecular complexity index is 720. The first-order valence-corrected chi connectivity index (χ1v) is 7.25. The van der Waals surface area contributed by atoms with Gasteiger partial charge < -0.3 is 14.2 Å². The Kier molecular flexibility index (Phi) is 4.34. The molecule has 0 fully saturated rings. The number of hydrogen-bond donors (Lipinski definition) is 1. The van der Waals surface area contributed by atoms with Gasteiger partial charge in [-0.05, 0) is 42.5 Å². The van der Waals surface area contributed by atoms with E-state index in [2.05, 4.69) is 5.32 Å². The molecule has 0 amide bonds. The molecule has 0 aliphatic carbocycles. The monoisotopic (exact) mass is 321 g/mol. The summed E-state index contributed by atoms with van der Waals surface area (Å²) < 4.78 is 11.0. The zero-order valence-corrected chi connectivity index (χ0v) is 12.6. The SMILES string of the molecule is Clc1ccc(-c2ccc(CNCc3ccco3)o2)cc1Cl. The van der Waals surface area contributed by atoms with Crippen molar-refractivity contribution in [2.45, 2.75) is 13.1 Å². The van der Waals surface area contributed by atoms with E-state index in [1.54, 1.807) is 18.4 Å². The second kappa shape index (κ2) is 6.39. The van der Waals surface area contributed by atoms with Crippen molar-refractivity contribution in [3.8, 4) is 11.3 Å². The van der Waals surface area contributed by atoms with Crippen molar-refractivity contribution in [2.24, 2.45) is 0 Å². The van der Waals surface area contributed by atoms with Gasteiger partial charge in [-0.1, -0.05) is 23.2 Å². The van der Waals surface area contributed by atoms with Gasteiger partial charge in [0.05, 0.1) is 29.4 Å². The molecule has 0 saturated carbocycles. The quantitative estimate of drug-likeness (QED) is 0.707. The van der Waals surface area contributed by atoms with Crippen LogP contribution in [0.1, 0.15) is 11.5 Å². The van der Waals surface area contributed by atoms with Crippen LogP contribution in [-0.2, 0) is 13.1 Å². The van der Waals surface area contributed by atoms with Gasteiger partial charge in [0.1, 0.15) is 17.3 Å². The molecule has 1 N–H and O–H groups in total. The molecule has 2 heterocycles. The number of rotatable bonds is 5. The van der Waals surface area contributed by atoms with Gasteiger partial charge in [0.2, 0.25) is 0 Å². The summed E-state index contributed by atoms with van der Waals surface area (Å²) in [6.07, 6.45) is 1.66. The zero-order chi connectivity index (χ0) is 14.7. The van der Waals surface area contributed by atoms with Crippen LogP contribution in [0.25, 0.3) is 11.3 Å². The zero-order valence-electron chi connectivity index (χ0n) is 11.1. The highest BCUT2D eigenvalue weighted by Gasteiger charge is 2.07. The molecule has 0 aliphatic heterocycles. The van der Waals surface area contributed by atoms with Gasteiger partial charge in [0, 0.05) is 5.56 Å². The second-order valence-corrected chi connectivity index (χ2v) is 5.39. The fourth-order valence-electron chi connectivity index (χ4n) is 2.00. The molecule has 0 bridgehead atoms. The molecular formula is C16H13Cl2NO2. The lowest BCUT2D eigenvalue weighted by Gasteiger charge is -2.01. The van der Waals surface area contributed by atoms with E-state index in [1.165, 1.54) is 0 Å². The smallest absolute Gasteiger partial charge is 0.134 e. The molecule has 3 rings (SSSR count). The van der Waals surface area contributed by atoms with Gasteiger partial charge in [-0.2, -0.15) is 0 Å². The van der Waals surface area contributed by atoms with Gasteiger partial charge in [-0.3, -0.25) is 0 Å². The lowest BCUT2D eigenvalue weighted by molar-refractivity contribution is 0.455. The highest BCUT2D eigenvalue weighted by atomic mass is 35.5. The maximum Gasteiger partial charge on any atom is 0.134 e. The van der Waals surface area contributed by atoms with Gasteiger partial charge >= 0.3 is 0 Å². The molecule has 2 aromatic heterocycles. The molecule has 0 atom stereocenters. The van der Waals surface area contributed by atoms with Gasteiger partial charge in [0.15, 0.2) is 0 Å². The van der Waals surface area contributed by atoms with E-state index in [4.69, 9.17) is 32.0 Å². The second-order valence-electron chi connectivity index (χ2n) is 4.58. The summed E-state index contributed by atoms with van der Waals surface area (Å²) in [5.74, 6) is 2.51. The van der Waals surface area contributed by atoms with E-state index in [0.29, 0.717) is 23.1 Å². The van der Waals surface area contributed by atoms with Crippen molar-refractivity contribution in [3.63, 3.8) is 0 Å². The molecule has 0 aliphatic rings. The fourth-order valence-corrected chi connectivity index (χ4v) is 2.30. The Morgan fingerprint density at radius 1 is 0.905 bits per heavy atom. The first-order valence-electron chi connectivity index (χ1n) is 6.49. The van der Waals surface area contributed by atoms with Crippen LogP contribution in [0.4, 0.5) is 0 Å². The Morgan fingerprint density at radius 3 is 2.52 bits per heavy atom. The standard InChI is InChI=1S/C16H13Cl2NO2/c17-14-5-3-11(8-15(14)18)16-6-4-13(21-16)10-19-9-12-2-1-7-20-12/h1-8,19H,9-10H2. The van der Waals surface area contributed by atoms with Crippen LogP contribution in [0.2, 0.25) is 10.0 Å². The highest BCUT2D eigenvalue weighted by molar-refractivity contribution is 6.42. The summed E-state index contributed by atoms with van der Waals surface area (Å²) in [4.78, 5) is 0. The van der Waals surface area contributed by atoms with Crippen molar-refractivity contribution >= 4 is 23.2 Å². The minimum absolute atomic E-state index is 0.517. The topological polar surface area (TPSA) is 38.3 Å². The number of halogens is 2. The number of nitrogens with one attached hydrogen (secondary N) is 1. The van der Waals surface area contributed by atoms with Crippen LogP contribution in [-0.4, -0.2) is 0 Å². The molecule has 0 saturated heterocycles. The predicted octanol–water partition coefficient (Wildman–Crippen LogP) is 5.14. The molecule has 1 aromatic carbocycles. The maximum absolute atomic E-state index is 6.01. The number of benzene rings is 1. The predicted molar refractivity (Wildman–Crippen MR) is 83.4 cm³/mol. The summed E-state index contributed by atoms with van der Waals surface area (Å²) in [5.41, 5.74) is 0.904. The molecule has 0 radical (unpaired) electrons. The Labute approximate surface area is 132 Å². The van der Waals surface area contributed by atoms with Crippen LogP contribution in [0, 0.1) is 0 Å². The first kappa shape index (κ1) is 14.3. The van der Waals surface area contributed by atoms with E-state index in [0.717, 1.165) is 22.8 Å². The molecule has 3 aromatic rings. The van der Waals surface area contributed by atoms with Gasteiger partial charge in [0.25, 0.3) is 0 Å². The molecule has 0 unspecified atom stereocenters. The van der Waals surface area contributed by atoms with Crippen LogP contribution in [0.3, 0.4) is 0 Å². The average molecular weight is 322 g/mol. The van der Waals surface area contributed by atoms with Crippen LogP contribution >= 0.6 is 23.2 Å². The summed E-state index contributed by atoms with van der Waals surface area (Å²) in [7, 11) is 0. The van der Waals surface area contributed by atoms with E-state index in [-0.39, 0.29) is 0 Å². The van der Waals surface area contributed by atoms with E-state index < -0.39 is 0 Å². The Balaban J connectivity index is 1.64. The third-order valence-electron chi connectivity index (χ3n) is 3.04. The van der Waals surface area contributed by atoms with E-state index >= 15 is 0 Å². The minimum Gasteiger partial charge on any atom is -0.468 e. The van der Waals surface area contributed by atoms with E-state index in [1.807, 2.05) is 30.3 Å². The van der Waals surface area contributed by atoms with Crippen molar-refractivity contribution < 1.29 is 8.83 Å². The summed E-state index contributed by atoms with van der Waals surface area (Å²) in [6.45, 7) is 1.29. The lowest BCUT2D eigenvalue weighted by atomic mass is 10.2. The Morgan fingerprint density at radius 2 is 1.76 bits per heavy atom. The van der Waals surface area contributed by atoms with Crippen molar-refractivity contribution in [1.82, 2.24) is 5.32 Å². The largest absolute Gasteiger partial charge is 0.468 e. The van der Waals surface area contributed by atoms with E-state index in [9.17, 15) is 0 Å². The third-order valence-corrected chi connectivity index (χ3v) is 3.78. The molecular weight excluding hydrogens is 309 g/mol. The van der Waals surface area contributed by atoms with Crippen molar-refractivity contribution in [3.05, 3.63) is 70.3 Å². The highest BCUT2D eigenvalue weighted by Crippen LogP contribution is 2.29. The summed E-state index contributed by atoms with van der Waals surface area (Å²) in [6, 6.07) is 13.1. The third kappa shape index (κ3) is 3.50. The average Bonchev–Trinajstić information content (AvgIpc) is 3.13. The maximum atomic E-state index is 6.01. The minimum atomic E-state index is 0.517. The normalized spacial score (nSPS) is 11.0. The van der Waals surface area contributed by atoms with Crippen molar-refractivity contribution in [1.29, 1.82) is 0 Å². The molecule has 5 heteroatoms. The molecule has 0 spiro atoms. The number of hydrogen-bond acceptors (Lipinski definition) is 3. The lowest BCUT2D eigenvalue weighted by Crippen LogP contribution is -2.11. The number of furan rings is 2. The molecule has 3 nitrogen and oxygen atoms in total. The van der Waals surface area contributed by atoms with Crippen LogP contribution in [0.5, 0.6) is 0 Å². The van der Waals surface area contributed by atoms with Crippen LogP contribution < -0.4 is 5.32 Å². The Hall–Kier alpha value is -1.68. The molecule has 108 valence electrons. The fraction of sp³-hybridized carbons (Fsp3) is 0.125. The van der Waals surface area contributed by atoms with Gasteiger partial charge in [-0.15, -0.1) is 0 Å². The summed E-state index contributed by atoms with van der Waals surface area (Å²) in [5, 5.41) is 4.31. The van der Waals surface area contributed by atoms with Crippen LogP contribution in [0.15, 0.2) is 57.6 Å². The summed E-state index contributed by atoms with van der Waals surface area (Å²) >= 11 is 11.9. The molecule has 21 heavy (non-hydrogen) atoms. The van der Waals surface area contributed by atoms with Gasteiger partial charge in [-0.25, -0.2) is 0 Å².